The van der Waals surface area contributed by atoms with Crippen LogP contribution in [0.5, 0.6) is 0 Å². The summed E-state index contributed by atoms with van der Waals surface area (Å²) in [6.45, 7) is 3.82. The molecule has 0 bridgehead atoms. The van der Waals surface area contributed by atoms with Crippen LogP contribution in [0.3, 0.4) is 0 Å². The first-order chi connectivity index (χ1) is 9.38. The van der Waals surface area contributed by atoms with E-state index >= 15 is 0 Å². The number of fused-ring (bicyclic) bond motifs is 1. The molecule has 0 fully saturated rings. The first-order valence-corrected chi connectivity index (χ1v) is 6.86. The Labute approximate surface area is 113 Å². The zero-order chi connectivity index (χ0) is 13.1. The zero-order valence-corrected chi connectivity index (χ0v) is 11.1. The number of hydrogen-bond donors (Lipinski definition) is 1. The molecule has 0 saturated carbocycles. The van der Waals surface area contributed by atoms with Gasteiger partial charge in [0.25, 0.3) is 0 Å². The molecule has 1 unspecified atom stereocenters. The minimum atomic E-state index is 0.388. The maximum absolute atomic E-state index is 5.95. The van der Waals surface area contributed by atoms with Crippen LogP contribution in [0.1, 0.15) is 23.6 Å². The van der Waals surface area contributed by atoms with Gasteiger partial charge in [-0.25, -0.2) is 4.98 Å². The Hall–Kier alpha value is -1.65. The molecule has 1 atom stereocenters. The maximum atomic E-state index is 5.95. The van der Waals surface area contributed by atoms with E-state index in [1.165, 1.54) is 11.1 Å². The minimum Gasteiger partial charge on any atom is -0.337 e. The summed E-state index contributed by atoms with van der Waals surface area (Å²) in [6.07, 6.45) is 6.84. The largest absolute Gasteiger partial charge is 0.337 e. The molecule has 19 heavy (non-hydrogen) atoms. The second-order valence-corrected chi connectivity index (χ2v) is 5.07. The topological polar surface area (TPSA) is 47.1 Å². The molecular formula is C15H20N4. The van der Waals surface area contributed by atoms with Gasteiger partial charge in [0.2, 0.25) is 0 Å². The lowest BCUT2D eigenvalue weighted by atomic mass is 10.1. The molecule has 1 aromatic heterocycles. The third-order valence-electron chi connectivity index (χ3n) is 3.87. The number of nitrogens with zero attached hydrogens (tertiary/aromatic N) is 3. The van der Waals surface area contributed by atoms with Crippen LogP contribution in [0.25, 0.3) is 0 Å². The van der Waals surface area contributed by atoms with Gasteiger partial charge in [-0.3, -0.25) is 4.90 Å². The van der Waals surface area contributed by atoms with Gasteiger partial charge in [0.1, 0.15) is 0 Å². The van der Waals surface area contributed by atoms with Crippen molar-refractivity contribution >= 4 is 0 Å². The van der Waals surface area contributed by atoms with Gasteiger partial charge < -0.3 is 10.3 Å². The summed E-state index contributed by atoms with van der Waals surface area (Å²) in [7, 11) is 0. The second kappa shape index (κ2) is 5.55. The van der Waals surface area contributed by atoms with Crippen LogP contribution < -0.4 is 5.73 Å². The number of benzene rings is 1. The highest BCUT2D eigenvalue weighted by Gasteiger charge is 2.27. The fourth-order valence-electron chi connectivity index (χ4n) is 2.92. The molecule has 1 aromatic carbocycles. The Morgan fingerprint density at radius 3 is 2.95 bits per heavy atom. The molecule has 0 spiro atoms. The van der Waals surface area contributed by atoms with Gasteiger partial charge >= 0.3 is 0 Å². The summed E-state index contributed by atoms with van der Waals surface area (Å²) in [4.78, 5) is 6.55. The Morgan fingerprint density at radius 1 is 1.26 bits per heavy atom. The first-order valence-electron chi connectivity index (χ1n) is 6.86. The van der Waals surface area contributed by atoms with Crippen LogP contribution in [0, 0.1) is 0 Å². The van der Waals surface area contributed by atoms with Gasteiger partial charge in [-0.2, -0.15) is 0 Å². The van der Waals surface area contributed by atoms with E-state index < -0.39 is 0 Å². The molecule has 2 heterocycles. The standard InChI is InChI=1S/C15H20N4/c16-10-15-14-5-2-1-4-13(14)11-19(15)8-3-7-18-9-6-17-12-18/h1-2,4-6,9,12,15H,3,7-8,10-11,16H2. The average molecular weight is 256 g/mol. The molecule has 1 aliphatic heterocycles. The molecule has 0 amide bonds. The van der Waals surface area contributed by atoms with E-state index in [1.807, 2.05) is 18.7 Å². The third-order valence-corrected chi connectivity index (χ3v) is 3.87. The van der Waals surface area contributed by atoms with Crippen LogP contribution in [0.15, 0.2) is 43.0 Å². The lowest BCUT2D eigenvalue weighted by molar-refractivity contribution is 0.213. The summed E-state index contributed by atoms with van der Waals surface area (Å²) in [5, 5.41) is 0. The molecule has 1 aliphatic rings. The third kappa shape index (κ3) is 2.55. The minimum absolute atomic E-state index is 0.388. The summed E-state index contributed by atoms with van der Waals surface area (Å²) in [5.41, 5.74) is 8.79. The summed E-state index contributed by atoms with van der Waals surface area (Å²) in [5.74, 6) is 0. The highest BCUT2D eigenvalue weighted by Crippen LogP contribution is 2.32. The normalized spacial score (nSPS) is 18.7. The van der Waals surface area contributed by atoms with E-state index in [4.69, 9.17) is 5.73 Å². The number of hydrogen-bond acceptors (Lipinski definition) is 3. The molecule has 3 rings (SSSR count). The van der Waals surface area contributed by atoms with Crippen molar-refractivity contribution in [1.29, 1.82) is 0 Å². The van der Waals surface area contributed by atoms with E-state index in [-0.39, 0.29) is 0 Å². The quantitative estimate of drug-likeness (QED) is 0.887. The van der Waals surface area contributed by atoms with Gasteiger partial charge in [-0.05, 0) is 17.5 Å². The van der Waals surface area contributed by atoms with Crippen molar-refractivity contribution in [3.05, 3.63) is 54.1 Å². The number of aromatic nitrogens is 2. The van der Waals surface area contributed by atoms with Crippen LogP contribution in [0.2, 0.25) is 0 Å². The van der Waals surface area contributed by atoms with E-state index in [1.54, 1.807) is 0 Å². The fourth-order valence-corrected chi connectivity index (χ4v) is 2.92. The number of aryl methyl sites for hydroxylation is 1. The van der Waals surface area contributed by atoms with Gasteiger partial charge in [0.05, 0.1) is 6.33 Å². The molecule has 100 valence electrons. The van der Waals surface area contributed by atoms with Crippen LogP contribution >= 0.6 is 0 Å². The van der Waals surface area contributed by atoms with Crippen LogP contribution in [0.4, 0.5) is 0 Å². The van der Waals surface area contributed by atoms with Gasteiger partial charge in [0, 0.05) is 44.6 Å². The van der Waals surface area contributed by atoms with Crippen molar-refractivity contribution < 1.29 is 0 Å². The smallest absolute Gasteiger partial charge is 0.0945 e. The maximum Gasteiger partial charge on any atom is 0.0945 e. The average Bonchev–Trinajstić information content (AvgIpc) is 3.05. The van der Waals surface area contributed by atoms with Gasteiger partial charge in [-0.1, -0.05) is 24.3 Å². The molecule has 2 N–H and O–H groups in total. The van der Waals surface area contributed by atoms with Crippen molar-refractivity contribution in [1.82, 2.24) is 14.5 Å². The van der Waals surface area contributed by atoms with Gasteiger partial charge in [-0.15, -0.1) is 0 Å². The Morgan fingerprint density at radius 2 is 2.16 bits per heavy atom. The molecule has 4 heteroatoms. The lowest BCUT2D eigenvalue weighted by Gasteiger charge is -2.23. The molecule has 2 aromatic rings. The molecule has 0 radical (unpaired) electrons. The second-order valence-electron chi connectivity index (χ2n) is 5.07. The predicted octanol–water partition coefficient (Wildman–Crippen LogP) is 1.79. The number of rotatable bonds is 5. The first kappa shape index (κ1) is 12.4. The molecular weight excluding hydrogens is 236 g/mol. The Kier molecular flexibility index (Phi) is 3.62. The van der Waals surface area contributed by atoms with Gasteiger partial charge in [0.15, 0.2) is 0 Å². The summed E-state index contributed by atoms with van der Waals surface area (Å²) in [6, 6.07) is 9.04. The Bertz CT molecular complexity index is 521. The highest BCUT2D eigenvalue weighted by atomic mass is 15.2. The van der Waals surface area contributed by atoms with Crippen molar-refractivity contribution in [3.8, 4) is 0 Å². The van der Waals surface area contributed by atoms with E-state index in [0.29, 0.717) is 12.6 Å². The van der Waals surface area contributed by atoms with Crippen molar-refractivity contribution in [2.45, 2.75) is 25.6 Å². The summed E-state index contributed by atoms with van der Waals surface area (Å²) >= 11 is 0. The monoisotopic (exact) mass is 256 g/mol. The van der Waals surface area contributed by atoms with Crippen LogP contribution in [-0.4, -0.2) is 27.5 Å². The highest BCUT2D eigenvalue weighted by molar-refractivity contribution is 5.34. The molecule has 0 aliphatic carbocycles. The Balaban J connectivity index is 1.60. The van der Waals surface area contributed by atoms with E-state index in [2.05, 4.69) is 38.7 Å². The number of nitrogens with two attached hydrogens (primary N) is 1. The fraction of sp³-hybridized carbons (Fsp3) is 0.400. The molecule has 4 nitrogen and oxygen atoms in total. The predicted molar refractivity (Wildman–Crippen MR) is 75.5 cm³/mol. The van der Waals surface area contributed by atoms with E-state index in [9.17, 15) is 0 Å². The van der Waals surface area contributed by atoms with Crippen molar-refractivity contribution in [2.75, 3.05) is 13.1 Å². The SMILES string of the molecule is NCC1c2ccccc2CN1CCCn1ccnc1. The van der Waals surface area contributed by atoms with Crippen molar-refractivity contribution in [3.63, 3.8) is 0 Å². The summed E-state index contributed by atoms with van der Waals surface area (Å²) < 4.78 is 2.13. The van der Waals surface area contributed by atoms with E-state index in [0.717, 1.165) is 26.1 Å². The molecule has 0 saturated heterocycles. The number of imidazole rings is 1. The lowest BCUT2D eigenvalue weighted by Crippen LogP contribution is -2.29. The van der Waals surface area contributed by atoms with Crippen LogP contribution in [-0.2, 0) is 13.1 Å². The van der Waals surface area contributed by atoms with Crippen molar-refractivity contribution in [2.24, 2.45) is 5.73 Å². The zero-order valence-electron chi connectivity index (χ0n) is 11.1.